The summed E-state index contributed by atoms with van der Waals surface area (Å²) >= 11 is 1.66. The fourth-order valence-electron chi connectivity index (χ4n) is 3.20. The minimum Gasteiger partial charge on any atom is -0.309 e. The molecule has 25 heavy (non-hydrogen) atoms. The molecule has 6 heteroatoms. The number of hydrogen-bond acceptors (Lipinski definition) is 4. The molecule has 1 heterocycles. The van der Waals surface area contributed by atoms with Crippen molar-refractivity contribution in [1.82, 2.24) is 9.88 Å². The summed E-state index contributed by atoms with van der Waals surface area (Å²) in [6.07, 6.45) is 4.22. The normalized spacial score (nSPS) is 14.4. The van der Waals surface area contributed by atoms with Crippen LogP contribution in [0.1, 0.15) is 36.8 Å². The molecule has 1 amide bonds. The Hall–Kier alpha value is -1.17. The predicted molar refractivity (Wildman–Crippen MR) is 109 cm³/mol. The molecule has 1 aliphatic rings. The van der Waals surface area contributed by atoms with Gasteiger partial charge in [-0.05, 0) is 70.9 Å². The summed E-state index contributed by atoms with van der Waals surface area (Å²) in [4.78, 5) is 21.8. The van der Waals surface area contributed by atoms with Crippen LogP contribution in [0.5, 0.6) is 0 Å². The average molecular weight is 382 g/mol. The van der Waals surface area contributed by atoms with E-state index in [4.69, 9.17) is 4.98 Å². The van der Waals surface area contributed by atoms with E-state index in [1.807, 2.05) is 4.90 Å². The molecule has 1 fully saturated rings. The topological polar surface area (TPSA) is 36.4 Å². The number of carbonyl (C=O) groups excluding carboxylic acids is 1. The number of carbonyl (C=O) groups is 1. The number of aryl methyl sites for hydroxylation is 2. The third-order valence-corrected chi connectivity index (χ3v) is 5.98. The van der Waals surface area contributed by atoms with E-state index in [0.717, 1.165) is 43.0 Å². The van der Waals surface area contributed by atoms with Gasteiger partial charge in [-0.3, -0.25) is 9.69 Å². The zero-order valence-corrected chi connectivity index (χ0v) is 17.2. The molecule has 0 bridgehead atoms. The highest BCUT2D eigenvalue weighted by atomic mass is 35.5. The number of thiazole rings is 1. The zero-order valence-electron chi connectivity index (χ0n) is 15.5. The van der Waals surface area contributed by atoms with Gasteiger partial charge in [-0.15, -0.1) is 12.4 Å². The highest BCUT2D eigenvalue weighted by Gasteiger charge is 2.31. The number of benzene rings is 1. The standard InChI is InChI=1S/C19H27N3OS.ClH/c1-13-11-14(2)17-16(12-13)20-19(24-17)22(10-6-9-21(3)4)18(23)15-7-5-8-15;/h11-12,15H,5-10H2,1-4H3;1H. The van der Waals surface area contributed by atoms with Gasteiger partial charge in [0.1, 0.15) is 0 Å². The van der Waals surface area contributed by atoms with E-state index >= 15 is 0 Å². The predicted octanol–water partition coefficient (Wildman–Crippen LogP) is 4.42. The van der Waals surface area contributed by atoms with Gasteiger partial charge in [0, 0.05) is 12.5 Å². The molecule has 1 aromatic carbocycles. The van der Waals surface area contributed by atoms with Crippen molar-refractivity contribution in [3.05, 3.63) is 23.3 Å². The molecule has 0 radical (unpaired) electrons. The summed E-state index contributed by atoms with van der Waals surface area (Å²) in [5.41, 5.74) is 3.49. The van der Waals surface area contributed by atoms with Gasteiger partial charge in [-0.2, -0.15) is 0 Å². The third kappa shape index (κ3) is 4.52. The Morgan fingerprint density at radius 3 is 2.56 bits per heavy atom. The number of halogens is 1. The van der Waals surface area contributed by atoms with Crippen LogP contribution in [0.4, 0.5) is 5.13 Å². The van der Waals surface area contributed by atoms with Gasteiger partial charge in [0.2, 0.25) is 5.91 Å². The third-order valence-electron chi connectivity index (χ3n) is 4.75. The van der Waals surface area contributed by atoms with Crippen LogP contribution in [0.3, 0.4) is 0 Å². The van der Waals surface area contributed by atoms with E-state index < -0.39 is 0 Å². The van der Waals surface area contributed by atoms with Gasteiger partial charge in [0.05, 0.1) is 10.2 Å². The summed E-state index contributed by atoms with van der Waals surface area (Å²) in [6.45, 7) is 5.96. The molecule has 0 spiro atoms. The van der Waals surface area contributed by atoms with Gasteiger partial charge in [0.15, 0.2) is 5.13 Å². The van der Waals surface area contributed by atoms with Crippen molar-refractivity contribution in [1.29, 1.82) is 0 Å². The van der Waals surface area contributed by atoms with Crippen molar-refractivity contribution in [3.63, 3.8) is 0 Å². The average Bonchev–Trinajstić information content (AvgIpc) is 2.85. The van der Waals surface area contributed by atoms with Crippen molar-refractivity contribution in [2.45, 2.75) is 39.5 Å². The van der Waals surface area contributed by atoms with E-state index in [1.54, 1.807) is 11.3 Å². The van der Waals surface area contributed by atoms with E-state index in [1.165, 1.54) is 22.2 Å². The second-order valence-corrected chi connectivity index (χ2v) is 8.18. The quantitative estimate of drug-likeness (QED) is 0.743. The van der Waals surface area contributed by atoms with Crippen molar-refractivity contribution < 1.29 is 4.79 Å². The summed E-state index contributed by atoms with van der Waals surface area (Å²) in [7, 11) is 4.14. The maximum absolute atomic E-state index is 12.9. The lowest BCUT2D eigenvalue weighted by Crippen LogP contribution is -2.40. The fraction of sp³-hybridized carbons (Fsp3) is 0.579. The minimum atomic E-state index is 0. The second-order valence-electron chi connectivity index (χ2n) is 7.20. The number of anilines is 1. The van der Waals surface area contributed by atoms with Crippen LogP contribution in [0.15, 0.2) is 12.1 Å². The Balaban J connectivity index is 0.00000225. The summed E-state index contributed by atoms with van der Waals surface area (Å²) in [5, 5.41) is 0.870. The first-order valence-electron chi connectivity index (χ1n) is 8.79. The van der Waals surface area contributed by atoms with Crippen LogP contribution < -0.4 is 4.90 Å². The molecule has 4 nitrogen and oxygen atoms in total. The Morgan fingerprint density at radius 1 is 1.24 bits per heavy atom. The smallest absolute Gasteiger partial charge is 0.231 e. The largest absolute Gasteiger partial charge is 0.309 e. The van der Waals surface area contributed by atoms with Crippen molar-refractivity contribution >= 4 is 45.0 Å². The number of rotatable bonds is 6. The molecule has 138 valence electrons. The summed E-state index contributed by atoms with van der Waals surface area (Å²) < 4.78 is 1.20. The molecule has 1 saturated carbocycles. The maximum Gasteiger partial charge on any atom is 0.231 e. The van der Waals surface area contributed by atoms with Gasteiger partial charge in [-0.25, -0.2) is 4.98 Å². The zero-order chi connectivity index (χ0) is 17.3. The number of amides is 1. The molecule has 0 atom stereocenters. The van der Waals surface area contributed by atoms with Crippen molar-refractivity contribution in [3.8, 4) is 0 Å². The van der Waals surface area contributed by atoms with Crippen LogP contribution in [0.2, 0.25) is 0 Å². The van der Waals surface area contributed by atoms with Gasteiger partial charge in [0.25, 0.3) is 0 Å². The number of aromatic nitrogens is 1. The highest BCUT2D eigenvalue weighted by Crippen LogP contribution is 2.35. The molecule has 1 aliphatic carbocycles. The van der Waals surface area contributed by atoms with E-state index in [2.05, 4.69) is 45.0 Å². The molecular formula is C19H28ClN3OS. The number of hydrogen-bond donors (Lipinski definition) is 0. The number of nitrogens with zero attached hydrogens (tertiary/aromatic N) is 3. The Labute approximate surface area is 160 Å². The van der Waals surface area contributed by atoms with E-state index in [0.29, 0.717) is 0 Å². The Kier molecular flexibility index (Phi) is 6.83. The summed E-state index contributed by atoms with van der Waals surface area (Å²) in [6, 6.07) is 4.31. The van der Waals surface area contributed by atoms with Crippen LogP contribution in [-0.2, 0) is 4.79 Å². The maximum atomic E-state index is 12.9. The lowest BCUT2D eigenvalue weighted by molar-refractivity contribution is -0.124. The molecule has 2 aromatic rings. The van der Waals surface area contributed by atoms with E-state index in [-0.39, 0.29) is 24.2 Å². The number of fused-ring (bicyclic) bond motifs is 1. The molecule has 0 N–H and O–H groups in total. The molecule has 1 aromatic heterocycles. The highest BCUT2D eigenvalue weighted by molar-refractivity contribution is 7.22. The van der Waals surface area contributed by atoms with Crippen LogP contribution in [0, 0.1) is 19.8 Å². The van der Waals surface area contributed by atoms with Crippen molar-refractivity contribution in [2.24, 2.45) is 5.92 Å². The minimum absolute atomic E-state index is 0. The summed E-state index contributed by atoms with van der Waals surface area (Å²) in [5.74, 6) is 0.479. The van der Waals surface area contributed by atoms with Crippen molar-refractivity contribution in [2.75, 3.05) is 32.1 Å². The van der Waals surface area contributed by atoms with Gasteiger partial charge >= 0.3 is 0 Å². The van der Waals surface area contributed by atoms with Crippen LogP contribution >= 0.6 is 23.7 Å². The first-order valence-corrected chi connectivity index (χ1v) is 9.61. The van der Waals surface area contributed by atoms with Crippen LogP contribution in [0.25, 0.3) is 10.2 Å². The molecule has 3 rings (SSSR count). The first-order chi connectivity index (χ1) is 11.5. The molecule has 0 aliphatic heterocycles. The lowest BCUT2D eigenvalue weighted by atomic mass is 9.84. The van der Waals surface area contributed by atoms with Crippen LogP contribution in [-0.4, -0.2) is 43.0 Å². The Bertz CT molecular complexity index is 740. The van der Waals surface area contributed by atoms with Gasteiger partial charge < -0.3 is 4.90 Å². The molecule has 0 unspecified atom stereocenters. The van der Waals surface area contributed by atoms with Gasteiger partial charge in [-0.1, -0.05) is 23.8 Å². The molecule has 0 saturated heterocycles. The lowest BCUT2D eigenvalue weighted by Gasteiger charge is -2.30. The van der Waals surface area contributed by atoms with E-state index in [9.17, 15) is 4.79 Å². The Morgan fingerprint density at radius 2 is 1.96 bits per heavy atom. The second kappa shape index (κ2) is 8.47. The monoisotopic (exact) mass is 381 g/mol. The molecular weight excluding hydrogens is 354 g/mol. The SMILES string of the molecule is Cc1cc(C)c2sc(N(CCCN(C)C)C(=O)C3CCC3)nc2c1.Cl. The fourth-order valence-corrected chi connectivity index (χ4v) is 4.25. The first kappa shape index (κ1) is 20.1.